The van der Waals surface area contributed by atoms with Gasteiger partial charge in [-0.3, -0.25) is 14.4 Å². The quantitative estimate of drug-likeness (QED) is 0.0704. The van der Waals surface area contributed by atoms with E-state index in [1.807, 2.05) is 66.7 Å². The second-order valence-electron chi connectivity index (χ2n) is 12.5. The van der Waals surface area contributed by atoms with Gasteiger partial charge >= 0.3 is 12.1 Å². The molecule has 4 rings (SSSR count). The Bertz CT molecular complexity index is 1890. The smallest absolute Gasteiger partial charge is 0.408 e. The summed E-state index contributed by atoms with van der Waals surface area (Å²) < 4.78 is 10.8. The topological polar surface area (TPSA) is 163 Å². The number of alkyl carbamates (subject to hydrolysis) is 1. The van der Waals surface area contributed by atoms with Crippen molar-refractivity contribution < 1.29 is 38.6 Å². The zero-order chi connectivity index (χ0) is 38.7. The van der Waals surface area contributed by atoms with Crippen LogP contribution in [-0.4, -0.2) is 71.6 Å². The maximum atomic E-state index is 13.8. The lowest BCUT2D eigenvalue weighted by atomic mass is 9.98. The van der Waals surface area contributed by atoms with Gasteiger partial charge in [0.05, 0.1) is 12.5 Å². The van der Waals surface area contributed by atoms with E-state index in [1.54, 1.807) is 36.4 Å². The Balaban J connectivity index is 1.48. The molecule has 12 heteroatoms. The van der Waals surface area contributed by atoms with E-state index in [0.717, 1.165) is 21.9 Å². The molecule has 0 saturated carbocycles. The number of amides is 4. The number of hydrogen-bond acceptors (Lipinski definition) is 8. The van der Waals surface area contributed by atoms with Gasteiger partial charge in [-0.2, -0.15) is 0 Å². The summed E-state index contributed by atoms with van der Waals surface area (Å²) in [5, 5.41) is 19.4. The first-order chi connectivity index (χ1) is 26.2. The van der Waals surface area contributed by atoms with Crippen molar-refractivity contribution in [1.82, 2.24) is 15.5 Å². The Labute approximate surface area is 314 Å². The lowest BCUT2D eigenvalue weighted by molar-refractivity contribution is -0.148. The minimum absolute atomic E-state index is 0.00355. The molecule has 0 unspecified atom stereocenters. The van der Waals surface area contributed by atoms with E-state index in [2.05, 4.69) is 29.1 Å². The summed E-state index contributed by atoms with van der Waals surface area (Å²) in [6.07, 6.45) is 1.92. The Morgan fingerprint density at radius 3 is 2.04 bits per heavy atom. The molecule has 0 spiro atoms. The van der Waals surface area contributed by atoms with Gasteiger partial charge in [0.1, 0.15) is 25.3 Å². The van der Waals surface area contributed by atoms with Gasteiger partial charge in [-0.25, -0.2) is 9.59 Å². The normalized spacial score (nSPS) is 12.3. The first kappa shape index (κ1) is 40.5. The average molecular weight is 735 g/mol. The standard InChI is InChI=1S/C42H46N4O8/c1-3-13-34(26-38(48)46(23-24-47)27-30-15-7-5-8-16-30)39(49)44-37(40(50)43-35-22-21-32-19-11-12-20-33(32)25-35)29-53-41(51)36(14-4-2)45-42(52)54-28-31-17-9-6-10-18-31/h3-12,15-22,25,34,36-37,47H,1-2,13-14,23-24,26-29H2,(H,43,50)(H,44,49)(H,45,52)/t34-,36+,37-/m0/s1. The number of hydrogen-bond donors (Lipinski definition) is 4. The predicted octanol–water partition coefficient (Wildman–Crippen LogP) is 5.28. The zero-order valence-electron chi connectivity index (χ0n) is 30.0. The van der Waals surface area contributed by atoms with Crippen molar-refractivity contribution in [3.8, 4) is 0 Å². The summed E-state index contributed by atoms with van der Waals surface area (Å²) in [6.45, 7) is 6.78. The van der Waals surface area contributed by atoms with E-state index < -0.39 is 48.5 Å². The molecule has 0 heterocycles. The highest BCUT2D eigenvalue weighted by Crippen LogP contribution is 2.20. The Morgan fingerprint density at radius 2 is 1.37 bits per heavy atom. The van der Waals surface area contributed by atoms with Crippen LogP contribution < -0.4 is 16.0 Å². The number of nitrogens with zero attached hydrogens (tertiary/aromatic N) is 1. The minimum Gasteiger partial charge on any atom is -0.461 e. The maximum absolute atomic E-state index is 13.8. The number of anilines is 1. The van der Waals surface area contributed by atoms with Crippen molar-refractivity contribution in [2.75, 3.05) is 25.1 Å². The number of nitrogens with one attached hydrogen (secondary N) is 3. The number of esters is 1. The molecule has 4 N–H and O–H groups in total. The largest absolute Gasteiger partial charge is 0.461 e. The summed E-state index contributed by atoms with van der Waals surface area (Å²) in [5.41, 5.74) is 2.04. The molecule has 4 aromatic rings. The van der Waals surface area contributed by atoms with Crippen LogP contribution in [0.3, 0.4) is 0 Å². The van der Waals surface area contributed by atoms with E-state index in [4.69, 9.17) is 9.47 Å². The van der Waals surface area contributed by atoms with Crippen LogP contribution in [0.1, 0.15) is 30.4 Å². The molecule has 12 nitrogen and oxygen atoms in total. The van der Waals surface area contributed by atoms with Gasteiger partial charge in [0.25, 0.3) is 5.91 Å². The van der Waals surface area contributed by atoms with Gasteiger partial charge in [-0.1, -0.05) is 103 Å². The number of aliphatic hydroxyl groups is 1. The number of allylic oxidation sites excluding steroid dienone is 1. The van der Waals surface area contributed by atoms with E-state index in [0.29, 0.717) is 5.69 Å². The third-order valence-electron chi connectivity index (χ3n) is 8.42. The fraction of sp³-hybridized carbons (Fsp3) is 0.262. The average Bonchev–Trinajstić information content (AvgIpc) is 3.18. The maximum Gasteiger partial charge on any atom is 0.408 e. The Kier molecular flexibility index (Phi) is 16.0. The molecule has 4 aromatic carbocycles. The van der Waals surface area contributed by atoms with Crippen LogP contribution in [0.5, 0.6) is 0 Å². The molecular formula is C42H46N4O8. The molecule has 0 saturated heterocycles. The number of carbonyl (C=O) groups is 5. The van der Waals surface area contributed by atoms with Crippen LogP contribution in [0.2, 0.25) is 0 Å². The van der Waals surface area contributed by atoms with Crippen molar-refractivity contribution in [3.63, 3.8) is 0 Å². The van der Waals surface area contributed by atoms with Crippen LogP contribution in [0.4, 0.5) is 10.5 Å². The lowest BCUT2D eigenvalue weighted by Crippen LogP contribution is -2.50. The summed E-state index contributed by atoms with van der Waals surface area (Å²) >= 11 is 0. The number of carbonyl (C=O) groups excluding carboxylic acids is 5. The molecule has 0 radical (unpaired) electrons. The van der Waals surface area contributed by atoms with Crippen LogP contribution in [0.25, 0.3) is 10.8 Å². The number of rotatable bonds is 20. The summed E-state index contributed by atoms with van der Waals surface area (Å²) in [4.78, 5) is 68.3. The van der Waals surface area contributed by atoms with E-state index in [-0.39, 0.29) is 51.5 Å². The van der Waals surface area contributed by atoms with Crippen LogP contribution in [-0.2, 0) is 41.8 Å². The van der Waals surface area contributed by atoms with E-state index in [9.17, 15) is 29.1 Å². The third kappa shape index (κ3) is 12.7. The van der Waals surface area contributed by atoms with Crippen molar-refractivity contribution in [2.45, 2.75) is 44.5 Å². The van der Waals surface area contributed by atoms with Gasteiger partial charge in [0.2, 0.25) is 11.8 Å². The lowest BCUT2D eigenvalue weighted by Gasteiger charge is -2.26. The molecule has 54 heavy (non-hydrogen) atoms. The molecule has 4 amide bonds. The zero-order valence-corrected chi connectivity index (χ0v) is 30.0. The monoisotopic (exact) mass is 734 g/mol. The molecule has 0 bridgehead atoms. The molecule has 3 atom stereocenters. The molecular weight excluding hydrogens is 688 g/mol. The van der Waals surface area contributed by atoms with Gasteiger partial charge in [0.15, 0.2) is 0 Å². The fourth-order valence-electron chi connectivity index (χ4n) is 5.56. The molecule has 0 aromatic heterocycles. The van der Waals surface area contributed by atoms with Gasteiger partial charge in [-0.15, -0.1) is 13.2 Å². The highest BCUT2D eigenvalue weighted by atomic mass is 16.6. The number of fused-ring (bicyclic) bond motifs is 1. The fourth-order valence-corrected chi connectivity index (χ4v) is 5.56. The van der Waals surface area contributed by atoms with Gasteiger partial charge in [0, 0.05) is 25.2 Å². The summed E-state index contributed by atoms with van der Waals surface area (Å²) in [7, 11) is 0. The first-order valence-corrected chi connectivity index (χ1v) is 17.6. The van der Waals surface area contributed by atoms with Crippen molar-refractivity contribution >= 4 is 46.2 Å². The van der Waals surface area contributed by atoms with Gasteiger partial charge in [-0.05, 0) is 46.9 Å². The molecule has 0 aliphatic carbocycles. The first-order valence-electron chi connectivity index (χ1n) is 17.6. The molecule has 0 aliphatic heterocycles. The number of benzene rings is 4. The number of aliphatic hydroxyl groups excluding tert-OH is 1. The van der Waals surface area contributed by atoms with Crippen LogP contribution in [0, 0.1) is 5.92 Å². The van der Waals surface area contributed by atoms with Crippen molar-refractivity contribution in [1.29, 1.82) is 0 Å². The molecule has 0 aliphatic rings. The summed E-state index contributed by atoms with van der Waals surface area (Å²) in [6, 6.07) is 28.5. The second kappa shape index (κ2) is 21.3. The third-order valence-corrected chi connectivity index (χ3v) is 8.42. The van der Waals surface area contributed by atoms with Crippen LogP contribution in [0.15, 0.2) is 128 Å². The number of ether oxygens (including phenoxy) is 2. The highest BCUT2D eigenvalue weighted by molar-refractivity contribution is 6.00. The second-order valence-corrected chi connectivity index (χ2v) is 12.5. The summed E-state index contributed by atoms with van der Waals surface area (Å²) in [5.74, 6) is -3.53. The molecule has 0 fully saturated rings. The highest BCUT2D eigenvalue weighted by Gasteiger charge is 2.31. The minimum atomic E-state index is -1.40. The van der Waals surface area contributed by atoms with Crippen molar-refractivity contribution in [3.05, 3.63) is 140 Å². The van der Waals surface area contributed by atoms with E-state index >= 15 is 0 Å². The molecule has 282 valence electrons. The Hall–Kier alpha value is -6.27. The van der Waals surface area contributed by atoms with Gasteiger partial charge < -0.3 is 35.4 Å². The SMILES string of the molecule is C=CC[C@@H](CC(=O)N(CCO)Cc1ccccc1)C(=O)N[C@@H](COC(=O)[C@@H](CC=C)NC(=O)OCc1ccccc1)C(=O)Nc1ccc2ccccc2c1. The van der Waals surface area contributed by atoms with E-state index in [1.165, 1.54) is 17.1 Å². The Morgan fingerprint density at radius 1 is 0.722 bits per heavy atom. The van der Waals surface area contributed by atoms with Crippen molar-refractivity contribution in [2.24, 2.45) is 5.92 Å². The van der Waals surface area contributed by atoms with Crippen LogP contribution >= 0.6 is 0 Å². The predicted molar refractivity (Wildman–Crippen MR) is 206 cm³/mol.